The Balaban J connectivity index is 1.14. The smallest absolute Gasteiger partial charge is 0.159 e. The van der Waals surface area contributed by atoms with Crippen molar-refractivity contribution in [3.8, 4) is 22.3 Å². The standard InChI is InChI=1S/C50H31NO2/c1-2-11-32(12-3-1)34-23-25-38(26-24-34)51(45-19-10-18-43-41-17-8-9-20-46(41)52-49(43)45)39-27-28-42-44-30-36-15-6-7-16-40(36)48(50(44)53-47(42)31-39)37-22-21-33-13-4-5-14-35(33)29-37/h1-31H. The maximum Gasteiger partial charge on any atom is 0.159 e. The first kappa shape index (κ1) is 29.6. The van der Waals surface area contributed by atoms with Crippen LogP contribution in [0.15, 0.2) is 197 Å². The number of furan rings is 2. The first-order valence-corrected chi connectivity index (χ1v) is 18.0. The first-order chi connectivity index (χ1) is 26.3. The monoisotopic (exact) mass is 677 g/mol. The number of hydrogen-bond donors (Lipinski definition) is 0. The summed E-state index contributed by atoms with van der Waals surface area (Å²) in [6.07, 6.45) is 0. The Kier molecular flexibility index (Phi) is 6.55. The molecule has 0 aliphatic carbocycles. The van der Waals surface area contributed by atoms with Gasteiger partial charge in [-0.3, -0.25) is 0 Å². The largest absolute Gasteiger partial charge is 0.455 e. The maximum absolute atomic E-state index is 6.98. The van der Waals surface area contributed by atoms with Gasteiger partial charge in [-0.15, -0.1) is 0 Å². The van der Waals surface area contributed by atoms with E-state index in [1.54, 1.807) is 0 Å². The van der Waals surface area contributed by atoms with Gasteiger partial charge in [-0.1, -0.05) is 133 Å². The van der Waals surface area contributed by atoms with E-state index in [0.717, 1.165) is 77.6 Å². The second kappa shape index (κ2) is 11.7. The van der Waals surface area contributed by atoms with Gasteiger partial charge in [-0.2, -0.15) is 0 Å². The Morgan fingerprint density at radius 2 is 0.962 bits per heavy atom. The van der Waals surface area contributed by atoms with Gasteiger partial charge < -0.3 is 13.7 Å². The van der Waals surface area contributed by atoms with Crippen molar-refractivity contribution in [2.75, 3.05) is 4.90 Å². The Bertz CT molecular complexity index is 3170. The van der Waals surface area contributed by atoms with Crippen LogP contribution in [0.4, 0.5) is 17.1 Å². The number of benzene rings is 9. The van der Waals surface area contributed by atoms with Crippen molar-refractivity contribution in [1.82, 2.24) is 0 Å². The zero-order valence-corrected chi connectivity index (χ0v) is 28.7. The predicted molar refractivity (Wildman–Crippen MR) is 222 cm³/mol. The molecule has 11 aromatic rings. The second-order valence-corrected chi connectivity index (χ2v) is 13.7. The summed E-state index contributed by atoms with van der Waals surface area (Å²) in [6, 6.07) is 66.6. The third kappa shape index (κ3) is 4.75. The van der Waals surface area contributed by atoms with E-state index in [1.165, 1.54) is 27.1 Å². The molecule has 0 radical (unpaired) electrons. The summed E-state index contributed by atoms with van der Waals surface area (Å²) in [7, 11) is 0. The van der Waals surface area contributed by atoms with E-state index >= 15 is 0 Å². The second-order valence-electron chi connectivity index (χ2n) is 13.7. The molecule has 0 saturated carbocycles. The van der Waals surface area contributed by atoms with Crippen LogP contribution in [0.3, 0.4) is 0 Å². The molecule has 2 heterocycles. The fraction of sp³-hybridized carbons (Fsp3) is 0. The number of fused-ring (bicyclic) bond motifs is 8. The molecule has 0 unspecified atom stereocenters. The highest BCUT2D eigenvalue weighted by Crippen LogP contribution is 2.46. The van der Waals surface area contributed by atoms with E-state index in [4.69, 9.17) is 8.83 Å². The summed E-state index contributed by atoms with van der Waals surface area (Å²) in [4.78, 5) is 2.28. The van der Waals surface area contributed by atoms with Gasteiger partial charge >= 0.3 is 0 Å². The van der Waals surface area contributed by atoms with Crippen molar-refractivity contribution in [1.29, 1.82) is 0 Å². The van der Waals surface area contributed by atoms with Crippen LogP contribution in [-0.2, 0) is 0 Å². The van der Waals surface area contributed by atoms with E-state index in [0.29, 0.717) is 0 Å². The van der Waals surface area contributed by atoms with Crippen LogP contribution >= 0.6 is 0 Å². The van der Waals surface area contributed by atoms with Crippen molar-refractivity contribution in [2.24, 2.45) is 0 Å². The van der Waals surface area contributed by atoms with Crippen molar-refractivity contribution in [3.63, 3.8) is 0 Å². The molecule has 0 fully saturated rings. The van der Waals surface area contributed by atoms with Gasteiger partial charge in [0.2, 0.25) is 0 Å². The quantitative estimate of drug-likeness (QED) is 0.182. The third-order valence-electron chi connectivity index (χ3n) is 10.6. The Hall–Kier alpha value is -7.10. The van der Waals surface area contributed by atoms with E-state index in [-0.39, 0.29) is 0 Å². The minimum atomic E-state index is 0.831. The van der Waals surface area contributed by atoms with E-state index in [2.05, 4.69) is 181 Å². The van der Waals surface area contributed by atoms with Gasteiger partial charge in [-0.05, 0) is 86.8 Å². The molecule has 0 bridgehead atoms. The SMILES string of the molecule is c1ccc(-c2ccc(N(c3ccc4c(c3)oc3c(-c5ccc6ccccc6c5)c5ccccc5cc34)c3cccc4c3oc3ccccc34)cc2)cc1. The average molecular weight is 678 g/mol. The van der Waals surface area contributed by atoms with Gasteiger partial charge in [-0.25, -0.2) is 0 Å². The Morgan fingerprint density at radius 3 is 1.83 bits per heavy atom. The van der Waals surface area contributed by atoms with E-state index < -0.39 is 0 Å². The maximum atomic E-state index is 6.98. The molecule has 11 rings (SSSR count). The highest BCUT2D eigenvalue weighted by molar-refractivity contribution is 6.19. The van der Waals surface area contributed by atoms with Crippen molar-refractivity contribution < 1.29 is 8.83 Å². The predicted octanol–water partition coefficient (Wildman–Crippen LogP) is 14.6. The first-order valence-electron chi connectivity index (χ1n) is 18.0. The molecule has 9 aromatic carbocycles. The van der Waals surface area contributed by atoms with Crippen LogP contribution < -0.4 is 4.90 Å². The molecular formula is C50H31NO2. The number of nitrogens with zero attached hydrogens (tertiary/aromatic N) is 1. The molecule has 0 amide bonds. The number of para-hydroxylation sites is 2. The van der Waals surface area contributed by atoms with E-state index in [1.807, 2.05) is 12.1 Å². The summed E-state index contributed by atoms with van der Waals surface area (Å²) in [5, 5.41) is 9.16. The summed E-state index contributed by atoms with van der Waals surface area (Å²) in [6.45, 7) is 0. The van der Waals surface area contributed by atoms with Crippen LogP contribution in [0.2, 0.25) is 0 Å². The number of rotatable bonds is 5. The highest BCUT2D eigenvalue weighted by atomic mass is 16.3. The topological polar surface area (TPSA) is 29.5 Å². The summed E-state index contributed by atoms with van der Waals surface area (Å²) in [5.74, 6) is 0. The minimum Gasteiger partial charge on any atom is -0.455 e. The minimum absolute atomic E-state index is 0.831. The van der Waals surface area contributed by atoms with Gasteiger partial charge in [0.25, 0.3) is 0 Å². The molecule has 0 atom stereocenters. The molecule has 0 N–H and O–H groups in total. The van der Waals surface area contributed by atoms with Crippen LogP contribution in [0.25, 0.3) is 87.7 Å². The fourth-order valence-corrected chi connectivity index (χ4v) is 8.10. The lowest BCUT2D eigenvalue weighted by atomic mass is 9.94. The lowest BCUT2D eigenvalue weighted by Gasteiger charge is -2.25. The van der Waals surface area contributed by atoms with Crippen molar-refractivity contribution in [3.05, 3.63) is 188 Å². The van der Waals surface area contributed by atoms with Crippen molar-refractivity contribution in [2.45, 2.75) is 0 Å². The fourth-order valence-electron chi connectivity index (χ4n) is 8.10. The molecule has 0 aliphatic heterocycles. The number of hydrogen-bond acceptors (Lipinski definition) is 3. The average Bonchev–Trinajstić information content (AvgIpc) is 3.79. The molecule has 2 aromatic heterocycles. The zero-order chi connectivity index (χ0) is 34.9. The molecule has 0 spiro atoms. The zero-order valence-electron chi connectivity index (χ0n) is 28.7. The Labute approximate surface area is 305 Å². The number of anilines is 3. The van der Waals surface area contributed by atoms with Crippen LogP contribution in [0, 0.1) is 0 Å². The molecule has 248 valence electrons. The summed E-state index contributed by atoms with van der Waals surface area (Å²) >= 11 is 0. The molecule has 0 aliphatic rings. The molecular weight excluding hydrogens is 647 g/mol. The van der Waals surface area contributed by atoms with Gasteiger partial charge in [0.15, 0.2) is 5.58 Å². The van der Waals surface area contributed by atoms with Gasteiger partial charge in [0.05, 0.1) is 11.4 Å². The highest BCUT2D eigenvalue weighted by Gasteiger charge is 2.22. The molecule has 3 heteroatoms. The third-order valence-corrected chi connectivity index (χ3v) is 10.6. The van der Waals surface area contributed by atoms with Crippen LogP contribution in [0.1, 0.15) is 0 Å². The van der Waals surface area contributed by atoms with E-state index in [9.17, 15) is 0 Å². The normalized spacial score (nSPS) is 11.8. The van der Waals surface area contributed by atoms with Crippen LogP contribution in [-0.4, -0.2) is 0 Å². The summed E-state index contributed by atoms with van der Waals surface area (Å²) in [5.41, 5.74) is 11.0. The van der Waals surface area contributed by atoms with Gasteiger partial charge in [0, 0.05) is 38.9 Å². The summed E-state index contributed by atoms with van der Waals surface area (Å²) < 4.78 is 13.6. The molecule has 3 nitrogen and oxygen atoms in total. The Morgan fingerprint density at radius 1 is 0.321 bits per heavy atom. The lowest BCUT2D eigenvalue weighted by Crippen LogP contribution is -2.10. The molecule has 0 saturated heterocycles. The van der Waals surface area contributed by atoms with Gasteiger partial charge in [0.1, 0.15) is 16.7 Å². The van der Waals surface area contributed by atoms with Crippen molar-refractivity contribution >= 4 is 82.5 Å². The lowest BCUT2D eigenvalue weighted by molar-refractivity contribution is 0.668. The van der Waals surface area contributed by atoms with Crippen LogP contribution in [0.5, 0.6) is 0 Å². The molecule has 53 heavy (non-hydrogen) atoms.